The average molecular weight is 1810 g/mol. The van der Waals surface area contributed by atoms with Crippen LogP contribution in [-0.4, -0.2) is 291 Å². The van der Waals surface area contributed by atoms with Gasteiger partial charge in [-0.05, 0) is 45.1 Å². The van der Waals surface area contributed by atoms with Gasteiger partial charge in [-0.2, -0.15) is 9.12 Å². The van der Waals surface area contributed by atoms with Crippen molar-refractivity contribution in [3.63, 3.8) is 0 Å². The van der Waals surface area contributed by atoms with Crippen molar-refractivity contribution in [1.29, 1.82) is 0 Å². The minimum absolute atomic E-state index is 0. The summed E-state index contributed by atoms with van der Waals surface area (Å²) in [5.41, 5.74) is 16.3. The van der Waals surface area contributed by atoms with Gasteiger partial charge in [-0.25, -0.2) is 35.8 Å². The molecule has 6 aliphatic rings. The Hall–Kier alpha value is 1.27. The van der Waals surface area contributed by atoms with E-state index in [-0.39, 0.29) is 112 Å². The molecule has 528 valence electrons. The minimum atomic E-state index is -3.32. The molecule has 6 rings (SSSR count). The third kappa shape index (κ3) is 79.7. The van der Waals surface area contributed by atoms with E-state index in [2.05, 4.69) is 62.9 Å². The molecule has 0 aromatic carbocycles. The van der Waals surface area contributed by atoms with Crippen molar-refractivity contribution in [3.05, 3.63) is 11.1 Å². The number of carbonyl (C=O) groups is 7. The second kappa shape index (κ2) is 84.5. The summed E-state index contributed by atoms with van der Waals surface area (Å²) < 4.78 is 78.4. The Morgan fingerprint density at radius 1 is 0.722 bits per heavy atom. The summed E-state index contributed by atoms with van der Waals surface area (Å²) in [7, 11) is 64.1. The quantitative estimate of drug-likeness (QED) is 0.0290. The van der Waals surface area contributed by atoms with Crippen molar-refractivity contribution in [2.75, 3.05) is 115 Å². The average Bonchev–Trinajstić information content (AvgIpc) is 0.895. The van der Waals surface area contributed by atoms with Crippen LogP contribution in [0.3, 0.4) is 0 Å². The Morgan fingerprint density at radius 2 is 1.00 bits per heavy atom. The van der Waals surface area contributed by atoms with E-state index in [9.17, 15) is 38.1 Å². The van der Waals surface area contributed by atoms with Crippen molar-refractivity contribution < 1.29 is 157 Å². The standard InChI is InChI=1S/C8H14O3.C7H13NO2.C7H10O3.C7H12O3.C6H12N2O2.C6H13O5P.C3H4O2.C2H6.B5P.B4P.B3P.B2HP.BH2P.H3N.HOPS.H2O.Rh.U/c1-6(8(9)10-2)3-7-4-11-5-7;1-5(7(8)9)2-6-3-10-4-6;1-5(7(8)9-2)6-3-10-4-6;1-5(7(8)9)2-6-3-10-4-6;7-5(6(8)9)1-4-2-10-3-4;1-5(6(7)9-2)12(8,10-3)11-4;4-3-1-5-2-3;1-2;1-5(2)6(3)4;1-4-5(2)3;1-4(2)3;1-3-2;1-2;;1-2-3;;;/h6-7H,3-5H2,1-2H3;5-6H,2-4H2,1H3,(H2,8,9);3-4H2,1-2H3;5-6H,2-4H2,1H3,(H,8,9);4-5H,1-3,7H2,(H2,8,9);5H,1-4H3;1-2H2;1-2H3;;;;3H;2H2;1H3;2H;1H2;;/t6-;5-;;2*5-;;;;;;;;;;;;;/m11.11............./s1/i;;;;;;;1D;;;;;;;;;;. The van der Waals surface area contributed by atoms with E-state index in [4.69, 9.17) is 128 Å². The van der Waals surface area contributed by atoms with Gasteiger partial charge < -0.3 is 97.9 Å². The number of nitrogens with two attached hydrogens (primary N) is 3. The number of ketones is 1. The van der Waals surface area contributed by atoms with Crippen LogP contribution in [0.5, 0.6) is 0 Å². The monoisotopic (exact) mass is 1810 g/mol. The van der Waals surface area contributed by atoms with Crippen molar-refractivity contribution in [3.8, 4) is 0 Å². The largest absolute Gasteiger partial charge is 0.481 e. The maximum Gasteiger partial charge on any atom is 0.344 e. The number of esters is 3. The number of hydrogen-bond donors (Lipinski definition) is 5. The Morgan fingerprint density at radius 3 is 1.18 bits per heavy atom. The van der Waals surface area contributed by atoms with Gasteiger partial charge in [-0.15, -0.1) is 4.57 Å². The van der Waals surface area contributed by atoms with Crippen molar-refractivity contribution >= 4 is 221 Å². The summed E-state index contributed by atoms with van der Waals surface area (Å²) in [5.74, 6) is -0.190. The molecule has 0 saturated carbocycles. The molecule has 6 aliphatic heterocycles. The van der Waals surface area contributed by atoms with Gasteiger partial charge in [-0.1, -0.05) is 34.6 Å². The number of methoxy groups -OCH3 is 3. The van der Waals surface area contributed by atoms with Gasteiger partial charge >= 0.3 is 31.5 Å². The molecule has 6 fully saturated rings. The number of hydrogen-bond acceptors (Lipinski definition) is 23. The van der Waals surface area contributed by atoms with E-state index in [0.29, 0.717) is 69.0 Å². The fourth-order valence-electron chi connectivity index (χ4n) is 5.77. The summed E-state index contributed by atoms with van der Waals surface area (Å²) in [6, 6.07) is -0.492. The van der Waals surface area contributed by atoms with Crippen molar-refractivity contribution in [2.45, 2.75) is 85.8 Å². The van der Waals surface area contributed by atoms with Gasteiger partial charge in [0.25, 0.3) is 0 Å². The van der Waals surface area contributed by atoms with Gasteiger partial charge in [-0.3, -0.25) is 33.3 Å². The second-order valence-electron chi connectivity index (χ2n) is 19.1. The third-order valence-corrected chi connectivity index (χ3v) is 14.7. The molecule has 0 bridgehead atoms. The normalized spacial score (nSPS) is 15.5. The predicted octanol–water partition coefficient (Wildman–Crippen LogP) is 0.305. The summed E-state index contributed by atoms with van der Waals surface area (Å²) in [6.45, 7) is 20.3. The van der Waals surface area contributed by atoms with Crippen LogP contribution in [0.1, 0.15) is 75.5 Å². The topological polar surface area (TPSA) is 420 Å². The summed E-state index contributed by atoms with van der Waals surface area (Å²) in [4.78, 5) is 73.8. The van der Waals surface area contributed by atoms with Crippen LogP contribution >= 0.6 is 55.4 Å². The summed E-state index contributed by atoms with van der Waals surface area (Å²) in [6.07, 6.45) is 2.67. The van der Waals surface area contributed by atoms with Crippen LogP contribution < -0.4 is 23.4 Å². The Kier molecular flexibility index (Phi) is 106. The molecule has 0 aromatic rings. The molecule has 0 aromatic heterocycles. The first-order valence-electron chi connectivity index (χ1n) is 28.2. The Bertz CT molecular complexity index is 1950. The minimum Gasteiger partial charge on any atom is -0.481 e. The van der Waals surface area contributed by atoms with Crippen LogP contribution in [0.4, 0.5) is 0 Å². The molecule has 7 atom stereocenters. The van der Waals surface area contributed by atoms with E-state index < -0.39 is 73.7 Å². The molecule has 51 heteroatoms. The van der Waals surface area contributed by atoms with E-state index in [1.165, 1.54) is 49.4 Å². The number of amides is 2. The third-order valence-electron chi connectivity index (χ3n) is 11.5. The molecule has 97 heavy (non-hydrogen) atoms. The number of aliphatic carboxylic acids is 1. The Labute approximate surface area is 649 Å². The van der Waals surface area contributed by atoms with Gasteiger partial charge in [0, 0.05) is 125 Å². The molecule has 26 nitrogen and oxygen atoms in total. The van der Waals surface area contributed by atoms with E-state index in [1.807, 2.05) is 23.0 Å². The van der Waals surface area contributed by atoms with Gasteiger partial charge in [0.2, 0.25) is 11.8 Å². The van der Waals surface area contributed by atoms with Crippen molar-refractivity contribution in [1.82, 2.24) is 6.15 Å². The van der Waals surface area contributed by atoms with Crippen LogP contribution in [0, 0.1) is 72.5 Å². The van der Waals surface area contributed by atoms with E-state index >= 15 is 0 Å². The van der Waals surface area contributed by atoms with Gasteiger partial charge in [0.05, 0.1) is 194 Å². The first-order valence-corrected chi connectivity index (χ1v) is 37.7. The van der Waals surface area contributed by atoms with Gasteiger partial charge in [0.15, 0.2) is 19.1 Å². The number of carbonyl (C=O) groups excluding carboxylic acids is 6. The van der Waals surface area contributed by atoms with Crippen molar-refractivity contribution in [2.24, 2.45) is 58.6 Å². The Balaban J connectivity index is -0.0000000830. The van der Waals surface area contributed by atoms with Gasteiger partial charge in [0.1, 0.15) is 13.2 Å². The van der Waals surface area contributed by atoms with Crippen LogP contribution in [0.15, 0.2) is 11.1 Å². The molecular weight excluding hydrogens is 1710 g/mol. The number of primary amides is 2. The molecule has 12 N–H and O–H groups in total. The number of ether oxygens (including phenoxy) is 9. The number of Topliss-reactive ketones (excluding diaryl/α,β-unsaturated/α-hetero) is 1. The fraction of sp³-hybridized carbons (Fsp3) is 0.804. The molecule has 6 heterocycles. The zero-order chi connectivity index (χ0) is 75.1. The first kappa shape index (κ1) is 122. The number of carboxylic acids is 1. The van der Waals surface area contributed by atoms with E-state index in [0.717, 1.165) is 77.7 Å². The summed E-state index contributed by atoms with van der Waals surface area (Å²) in [5, 5.41) is 8.51. The SMILES string of the molecule is COC(=O)C(C)=C1COC1.COC(=O)C(C)P(=O)(OC)OC.COC(=O)[C@H](C)CC1COC1.C[C@H](CC1COC1)C(=O)O.C[C@H](CC1COC1)C(N)=O.N.NC(=O)[C@H](N)CC1COC1.O.O=C1COC1.O=[PH+][S-].[2H]CC.[B]B([B])P([B])[B].[B]P.[B]P([B])[B].[B]P[B].[B][B]P([B])[B].[Rh].[U]. The predicted molar refractivity (Wildman–Crippen MR) is 405 cm³/mol. The van der Waals surface area contributed by atoms with E-state index in [1.54, 1.807) is 20.8 Å². The second-order valence-corrected chi connectivity index (χ2v) is 26.3. The smallest absolute Gasteiger partial charge is 0.344 e. The molecule has 6 saturated heterocycles. The number of rotatable bonds is 19. The van der Waals surface area contributed by atoms with Crippen LogP contribution in [0.25, 0.3) is 0 Å². The maximum atomic E-state index is 11.5. The summed E-state index contributed by atoms with van der Waals surface area (Å²) >= 11 is 3.87. The molecule has 0 aliphatic carbocycles. The fourth-order valence-corrected chi connectivity index (χ4v) is 6.91. The first-order chi connectivity index (χ1) is 43.9. The van der Waals surface area contributed by atoms with Crippen LogP contribution in [-0.2, 0) is 126 Å². The molecule has 28 radical (unpaired) electrons. The van der Waals surface area contributed by atoms with Crippen LogP contribution in [0.2, 0.25) is 0 Å². The molecule has 2 amide bonds. The zero-order valence-corrected chi connectivity index (χ0v) is 70.9. The number of carboxylic acid groups (broad SMARTS) is 1. The molecule has 3 unspecified atom stereocenters. The maximum absolute atomic E-state index is 11.5. The zero-order valence-electron chi connectivity index (χ0n) is 58.5. The molecular formula is C46H93B15N4O22P7RhSU. The molecule has 0 spiro atoms.